The number of nitrogens with one attached hydrogen (secondary N) is 1. The third-order valence-electron chi connectivity index (χ3n) is 2.53. The van der Waals surface area contributed by atoms with E-state index in [0.29, 0.717) is 29.6 Å². The highest BCUT2D eigenvalue weighted by atomic mass is 35.5. The summed E-state index contributed by atoms with van der Waals surface area (Å²) in [5, 5.41) is 3.55. The van der Waals surface area contributed by atoms with Crippen LogP contribution < -0.4 is 5.32 Å². The van der Waals surface area contributed by atoms with Crippen molar-refractivity contribution in [1.29, 1.82) is 0 Å². The summed E-state index contributed by atoms with van der Waals surface area (Å²) in [6, 6.07) is 7.06. The fraction of sp³-hybridized carbons (Fsp3) is 0.333. The van der Waals surface area contributed by atoms with Crippen molar-refractivity contribution in [3.05, 3.63) is 34.9 Å². The molecule has 1 aromatic carbocycles. The van der Waals surface area contributed by atoms with Crippen molar-refractivity contribution in [2.45, 2.75) is 6.92 Å². The Bertz CT molecular complexity index is 459. The number of hydrogen-bond donors (Lipinski definition) is 1. The Morgan fingerprint density at radius 2 is 2.29 bits per heavy atom. The number of amides is 1. The summed E-state index contributed by atoms with van der Waals surface area (Å²) in [6.07, 6.45) is 0. The third kappa shape index (κ3) is 2.42. The van der Waals surface area contributed by atoms with Crippen LogP contribution in [0.5, 0.6) is 0 Å². The van der Waals surface area contributed by atoms with E-state index in [1.807, 2.05) is 13.0 Å². The Balaban J connectivity index is 2.21. The van der Waals surface area contributed by atoms with Gasteiger partial charge in [0.25, 0.3) is 5.91 Å². The third-order valence-corrected chi connectivity index (χ3v) is 2.85. The topological polar surface area (TPSA) is 44.7 Å². The molecule has 1 aromatic rings. The Morgan fingerprint density at radius 3 is 3.00 bits per heavy atom. The minimum absolute atomic E-state index is 0.104. The smallest absolute Gasteiger partial charge is 0.262 e. The maximum Gasteiger partial charge on any atom is 0.262 e. The Hall–Kier alpha value is -1.55. The summed E-state index contributed by atoms with van der Waals surface area (Å²) in [4.78, 5) is 18.2. The molecule has 1 N–H and O–H groups in total. The molecule has 0 saturated carbocycles. The summed E-state index contributed by atoms with van der Waals surface area (Å²) in [7, 11) is 0. The molecular formula is C12H14ClN3O. The first-order valence-electron chi connectivity index (χ1n) is 5.58. The van der Waals surface area contributed by atoms with Crippen molar-refractivity contribution in [1.82, 2.24) is 10.2 Å². The van der Waals surface area contributed by atoms with E-state index in [4.69, 9.17) is 11.6 Å². The summed E-state index contributed by atoms with van der Waals surface area (Å²) >= 11 is 6.01. The van der Waals surface area contributed by atoms with Crippen LogP contribution in [-0.2, 0) is 0 Å². The molecule has 4 nitrogen and oxygen atoms in total. The van der Waals surface area contributed by atoms with Crippen LogP contribution in [0.1, 0.15) is 17.3 Å². The normalized spacial score (nSPS) is 14.7. The predicted octanol–water partition coefficient (Wildman–Crippen LogP) is 1.76. The number of nitrogens with zero attached hydrogens (tertiary/aromatic N) is 2. The number of guanidine groups is 1. The number of rotatable bonds is 2. The largest absolute Gasteiger partial charge is 0.356 e. The molecule has 0 radical (unpaired) electrons. The molecule has 1 heterocycles. The Morgan fingerprint density at radius 1 is 1.53 bits per heavy atom. The van der Waals surface area contributed by atoms with Gasteiger partial charge in [0.15, 0.2) is 0 Å². The molecule has 0 aromatic heterocycles. The van der Waals surface area contributed by atoms with E-state index in [0.717, 1.165) is 6.54 Å². The van der Waals surface area contributed by atoms with Gasteiger partial charge in [-0.1, -0.05) is 23.7 Å². The van der Waals surface area contributed by atoms with Gasteiger partial charge < -0.3 is 5.32 Å². The highest BCUT2D eigenvalue weighted by Crippen LogP contribution is 2.18. The lowest BCUT2D eigenvalue weighted by Gasteiger charge is -2.19. The van der Waals surface area contributed by atoms with Gasteiger partial charge in [-0.05, 0) is 19.1 Å². The molecule has 1 aliphatic rings. The highest BCUT2D eigenvalue weighted by Gasteiger charge is 2.25. The van der Waals surface area contributed by atoms with Crippen LogP contribution in [-0.4, -0.2) is 36.4 Å². The molecule has 2 rings (SSSR count). The lowest BCUT2D eigenvalue weighted by Crippen LogP contribution is -2.42. The first-order chi connectivity index (χ1) is 8.24. The van der Waals surface area contributed by atoms with Crippen LogP contribution in [0.15, 0.2) is 29.3 Å². The van der Waals surface area contributed by atoms with Crippen molar-refractivity contribution < 1.29 is 4.79 Å². The first-order valence-corrected chi connectivity index (χ1v) is 5.96. The van der Waals surface area contributed by atoms with Crippen LogP contribution in [0, 0.1) is 0 Å². The van der Waals surface area contributed by atoms with E-state index in [1.165, 1.54) is 0 Å². The number of halogens is 1. The van der Waals surface area contributed by atoms with Crippen molar-refractivity contribution in [3.8, 4) is 0 Å². The Kier molecular flexibility index (Phi) is 3.64. The minimum Gasteiger partial charge on any atom is -0.356 e. The summed E-state index contributed by atoms with van der Waals surface area (Å²) < 4.78 is 0. The van der Waals surface area contributed by atoms with Crippen molar-refractivity contribution in [2.75, 3.05) is 19.6 Å². The molecule has 0 fully saturated rings. The molecule has 90 valence electrons. The minimum atomic E-state index is -0.104. The quantitative estimate of drug-likeness (QED) is 0.871. The molecule has 1 aliphatic heterocycles. The zero-order valence-electron chi connectivity index (χ0n) is 9.61. The number of benzene rings is 1. The van der Waals surface area contributed by atoms with E-state index < -0.39 is 0 Å². The van der Waals surface area contributed by atoms with E-state index >= 15 is 0 Å². The van der Waals surface area contributed by atoms with E-state index in [1.54, 1.807) is 23.1 Å². The molecule has 0 aliphatic carbocycles. The second-order valence-electron chi connectivity index (χ2n) is 3.67. The van der Waals surface area contributed by atoms with Gasteiger partial charge in [0, 0.05) is 13.1 Å². The maximum atomic E-state index is 12.3. The maximum absolute atomic E-state index is 12.3. The standard InChI is InChI=1S/C12H14ClN3O/c1-2-14-12-15-7-8-16(12)11(17)9-5-3-4-6-10(9)13/h3-6H,2,7-8H2,1H3,(H,14,15). The van der Waals surface area contributed by atoms with Gasteiger partial charge in [0.1, 0.15) is 0 Å². The van der Waals surface area contributed by atoms with Gasteiger partial charge in [-0.15, -0.1) is 0 Å². The van der Waals surface area contributed by atoms with Gasteiger partial charge in [0.2, 0.25) is 5.96 Å². The van der Waals surface area contributed by atoms with Crippen molar-refractivity contribution >= 4 is 23.5 Å². The van der Waals surface area contributed by atoms with Crippen molar-refractivity contribution in [2.24, 2.45) is 4.99 Å². The number of carbonyl (C=O) groups excluding carboxylic acids is 1. The summed E-state index contributed by atoms with van der Waals surface area (Å²) in [5.41, 5.74) is 0.515. The van der Waals surface area contributed by atoms with Crippen LogP contribution in [0.3, 0.4) is 0 Å². The second-order valence-corrected chi connectivity index (χ2v) is 4.08. The molecule has 0 saturated heterocycles. The summed E-state index contributed by atoms with van der Waals surface area (Å²) in [5.74, 6) is 0.533. The van der Waals surface area contributed by atoms with Crippen molar-refractivity contribution in [3.63, 3.8) is 0 Å². The van der Waals surface area contributed by atoms with E-state index in [2.05, 4.69) is 10.3 Å². The van der Waals surface area contributed by atoms with Gasteiger partial charge in [-0.2, -0.15) is 0 Å². The molecule has 1 amide bonds. The first kappa shape index (κ1) is 11.9. The van der Waals surface area contributed by atoms with Gasteiger partial charge >= 0.3 is 0 Å². The molecular weight excluding hydrogens is 238 g/mol. The molecule has 0 unspecified atom stereocenters. The molecule has 17 heavy (non-hydrogen) atoms. The lowest BCUT2D eigenvalue weighted by molar-refractivity contribution is 0.0855. The SMILES string of the molecule is CCNC1=NCCN1C(=O)c1ccccc1Cl. The van der Waals surface area contributed by atoms with Crippen LogP contribution in [0.25, 0.3) is 0 Å². The number of aliphatic imine (C=N–C) groups is 1. The predicted molar refractivity (Wildman–Crippen MR) is 68.5 cm³/mol. The van der Waals surface area contributed by atoms with Crippen LogP contribution in [0.2, 0.25) is 5.02 Å². The van der Waals surface area contributed by atoms with Crippen LogP contribution >= 0.6 is 11.6 Å². The average Bonchev–Trinajstić information content (AvgIpc) is 2.78. The second kappa shape index (κ2) is 5.19. The van der Waals surface area contributed by atoms with Gasteiger partial charge in [0.05, 0.1) is 17.1 Å². The van der Waals surface area contributed by atoms with E-state index in [9.17, 15) is 4.79 Å². The molecule has 5 heteroatoms. The Labute approximate surface area is 105 Å². The van der Waals surface area contributed by atoms with Gasteiger partial charge in [-0.3, -0.25) is 14.7 Å². The average molecular weight is 252 g/mol. The number of hydrogen-bond acceptors (Lipinski definition) is 3. The highest BCUT2D eigenvalue weighted by molar-refractivity contribution is 6.34. The lowest BCUT2D eigenvalue weighted by atomic mass is 10.2. The van der Waals surface area contributed by atoms with Crippen LogP contribution in [0.4, 0.5) is 0 Å². The molecule has 0 bridgehead atoms. The zero-order chi connectivity index (χ0) is 12.3. The zero-order valence-corrected chi connectivity index (χ0v) is 10.4. The fourth-order valence-electron chi connectivity index (χ4n) is 1.73. The molecule has 0 spiro atoms. The number of carbonyl (C=O) groups is 1. The summed E-state index contributed by atoms with van der Waals surface area (Å²) in [6.45, 7) is 3.95. The van der Waals surface area contributed by atoms with Gasteiger partial charge in [-0.25, -0.2) is 0 Å². The monoisotopic (exact) mass is 251 g/mol. The van der Waals surface area contributed by atoms with E-state index in [-0.39, 0.29) is 5.91 Å². The fourth-order valence-corrected chi connectivity index (χ4v) is 1.95. The molecule has 0 atom stereocenters.